The molecule has 0 spiro atoms. The van der Waals surface area contributed by atoms with E-state index in [0.29, 0.717) is 28.7 Å². The number of fused-ring (bicyclic) bond motifs is 1. The lowest BCUT2D eigenvalue weighted by Gasteiger charge is -2.16. The molecule has 0 bridgehead atoms. The molecule has 7 nitrogen and oxygen atoms in total. The molecule has 0 saturated carbocycles. The minimum atomic E-state index is -0.134. The number of aromatic amines is 1. The molecular formula is C23H30N4O3S. The van der Waals surface area contributed by atoms with E-state index < -0.39 is 0 Å². The molecule has 0 aliphatic heterocycles. The lowest BCUT2D eigenvalue weighted by atomic mass is 10.1. The second-order valence-electron chi connectivity index (χ2n) is 8.10. The largest absolute Gasteiger partial charge is 0.497 e. The first kappa shape index (κ1) is 22.9. The number of rotatable bonds is 9. The Labute approximate surface area is 186 Å². The number of nitrogens with one attached hydrogen (secondary N) is 2. The zero-order chi connectivity index (χ0) is 22.5. The summed E-state index contributed by atoms with van der Waals surface area (Å²) in [7, 11) is 1.62. The molecule has 0 aliphatic carbocycles. The summed E-state index contributed by atoms with van der Waals surface area (Å²) in [5.41, 5.74) is 2.95. The quantitative estimate of drug-likeness (QED) is 0.385. The number of carbonyl (C=O) groups is 1. The summed E-state index contributed by atoms with van der Waals surface area (Å²) in [6.07, 6.45) is 0.862. The fraction of sp³-hybridized carbons (Fsp3) is 0.435. The Morgan fingerprint density at radius 2 is 1.97 bits per heavy atom. The molecule has 3 aromatic rings. The SMILES string of the molecule is COc1ccc(C(C)NC(=O)CSc2nc3cc(C)[nH]c3c(=O)n2CCC(C)C)cc1. The van der Waals surface area contributed by atoms with Crippen LogP contribution in [0.15, 0.2) is 40.3 Å². The van der Waals surface area contributed by atoms with Gasteiger partial charge in [0.2, 0.25) is 5.91 Å². The van der Waals surface area contributed by atoms with Gasteiger partial charge in [-0.15, -0.1) is 0 Å². The third-order valence-corrected chi connectivity index (χ3v) is 6.07. The molecule has 0 saturated heterocycles. The summed E-state index contributed by atoms with van der Waals surface area (Å²) in [6, 6.07) is 9.34. The first-order chi connectivity index (χ1) is 14.8. The molecule has 166 valence electrons. The van der Waals surface area contributed by atoms with Gasteiger partial charge in [0.05, 0.1) is 24.4 Å². The van der Waals surface area contributed by atoms with Crippen molar-refractivity contribution in [1.82, 2.24) is 19.9 Å². The first-order valence-electron chi connectivity index (χ1n) is 10.4. The summed E-state index contributed by atoms with van der Waals surface area (Å²) < 4.78 is 6.86. The van der Waals surface area contributed by atoms with Crippen LogP contribution in [0.5, 0.6) is 5.75 Å². The highest BCUT2D eigenvalue weighted by Crippen LogP contribution is 2.21. The van der Waals surface area contributed by atoms with Gasteiger partial charge in [-0.2, -0.15) is 0 Å². The van der Waals surface area contributed by atoms with Crippen molar-refractivity contribution in [2.45, 2.75) is 51.9 Å². The van der Waals surface area contributed by atoms with E-state index in [1.54, 1.807) is 11.7 Å². The predicted molar refractivity (Wildman–Crippen MR) is 125 cm³/mol. The smallest absolute Gasteiger partial charge is 0.278 e. The Bertz CT molecular complexity index is 1100. The summed E-state index contributed by atoms with van der Waals surface area (Å²) in [5, 5.41) is 3.58. The molecule has 0 fully saturated rings. The number of amides is 1. The van der Waals surface area contributed by atoms with Crippen LogP contribution in [0.25, 0.3) is 11.0 Å². The Kier molecular flexibility index (Phi) is 7.43. The van der Waals surface area contributed by atoms with Crippen LogP contribution in [0, 0.1) is 12.8 Å². The minimum absolute atomic E-state index is 0.0896. The zero-order valence-corrected chi connectivity index (χ0v) is 19.5. The molecule has 1 aromatic carbocycles. The van der Waals surface area contributed by atoms with Gasteiger partial charge in [0.25, 0.3) is 5.56 Å². The highest BCUT2D eigenvalue weighted by Gasteiger charge is 2.16. The number of H-pyrrole nitrogens is 1. The van der Waals surface area contributed by atoms with Crippen molar-refractivity contribution in [3.8, 4) is 5.75 Å². The van der Waals surface area contributed by atoms with Crippen LogP contribution < -0.4 is 15.6 Å². The number of benzene rings is 1. The highest BCUT2D eigenvalue weighted by atomic mass is 32.2. The number of hydrogen-bond acceptors (Lipinski definition) is 5. The predicted octanol–water partition coefficient (Wildman–Crippen LogP) is 4.06. The monoisotopic (exact) mass is 442 g/mol. The molecule has 0 aliphatic rings. The van der Waals surface area contributed by atoms with E-state index in [0.717, 1.165) is 23.4 Å². The third kappa shape index (κ3) is 5.70. The summed E-state index contributed by atoms with van der Waals surface area (Å²) in [5.74, 6) is 1.31. The minimum Gasteiger partial charge on any atom is -0.497 e. The van der Waals surface area contributed by atoms with Gasteiger partial charge in [0.15, 0.2) is 5.16 Å². The van der Waals surface area contributed by atoms with E-state index in [1.807, 2.05) is 44.2 Å². The number of nitrogens with zero attached hydrogens (tertiary/aromatic N) is 2. The number of aryl methyl sites for hydroxylation is 1. The number of carbonyl (C=O) groups excluding carboxylic acids is 1. The van der Waals surface area contributed by atoms with Crippen LogP contribution in [0.4, 0.5) is 0 Å². The van der Waals surface area contributed by atoms with Crippen molar-refractivity contribution >= 4 is 28.7 Å². The molecule has 1 unspecified atom stereocenters. The van der Waals surface area contributed by atoms with Crippen molar-refractivity contribution in [2.24, 2.45) is 5.92 Å². The second kappa shape index (κ2) is 10.0. The van der Waals surface area contributed by atoms with Crippen molar-refractivity contribution in [3.63, 3.8) is 0 Å². The van der Waals surface area contributed by atoms with Crippen molar-refractivity contribution in [1.29, 1.82) is 0 Å². The number of ether oxygens (including phenoxy) is 1. The van der Waals surface area contributed by atoms with Crippen LogP contribution in [0.3, 0.4) is 0 Å². The molecule has 3 rings (SSSR count). The molecule has 2 N–H and O–H groups in total. The maximum atomic E-state index is 13.0. The number of methoxy groups -OCH3 is 1. The van der Waals surface area contributed by atoms with Gasteiger partial charge in [-0.05, 0) is 49.9 Å². The van der Waals surface area contributed by atoms with Crippen molar-refractivity contribution in [3.05, 3.63) is 51.9 Å². The Morgan fingerprint density at radius 3 is 2.61 bits per heavy atom. The van der Waals surface area contributed by atoms with E-state index in [4.69, 9.17) is 4.74 Å². The molecule has 1 amide bonds. The molecule has 0 radical (unpaired) electrons. The number of hydrogen-bond donors (Lipinski definition) is 2. The lowest BCUT2D eigenvalue weighted by molar-refractivity contribution is -0.119. The van der Waals surface area contributed by atoms with Gasteiger partial charge in [-0.3, -0.25) is 14.2 Å². The molecule has 1 atom stereocenters. The van der Waals surface area contributed by atoms with E-state index in [1.165, 1.54) is 11.8 Å². The van der Waals surface area contributed by atoms with Gasteiger partial charge in [0, 0.05) is 12.2 Å². The maximum absolute atomic E-state index is 13.0. The van der Waals surface area contributed by atoms with Crippen LogP contribution in [-0.2, 0) is 11.3 Å². The van der Waals surface area contributed by atoms with Gasteiger partial charge in [-0.25, -0.2) is 4.98 Å². The third-order valence-electron chi connectivity index (χ3n) is 5.09. The highest BCUT2D eigenvalue weighted by molar-refractivity contribution is 7.99. The van der Waals surface area contributed by atoms with Crippen LogP contribution in [-0.4, -0.2) is 33.3 Å². The van der Waals surface area contributed by atoms with Gasteiger partial charge in [-0.1, -0.05) is 37.7 Å². The fourth-order valence-electron chi connectivity index (χ4n) is 3.29. The standard InChI is InChI=1S/C23H30N4O3S/c1-14(2)10-11-27-22(29)21-19(12-15(3)24-21)26-23(27)31-13-20(28)25-16(4)17-6-8-18(30-5)9-7-17/h6-9,12,14,16,24H,10-11,13H2,1-5H3,(H,25,28). The number of thioether (sulfide) groups is 1. The van der Waals surface area contributed by atoms with Crippen LogP contribution >= 0.6 is 11.8 Å². The molecule has 2 aromatic heterocycles. The van der Waals surface area contributed by atoms with Crippen molar-refractivity contribution < 1.29 is 9.53 Å². The Balaban J connectivity index is 1.73. The normalized spacial score (nSPS) is 12.3. The van der Waals surface area contributed by atoms with Crippen molar-refractivity contribution in [2.75, 3.05) is 12.9 Å². The zero-order valence-electron chi connectivity index (χ0n) is 18.7. The molecule has 2 heterocycles. The summed E-state index contributed by atoms with van der Waals surface area (Å²) >= 11 is 1.29. The van der Waals surface area contributed by atoms with E-state index in [-0.39, 0.29) is 23.3 Å². The van der Waals surface area contributed by atoms with E-state index in [2.05, 4.69) is 29.1 Å². The van der Waals surface area contributed by atoms with Crippen LogP contribution in [0.2, 0.25) is 0 Å². The summed E-state index contributed by atoms with van der Waals surface area (Å²) in [6.45, 7) is 8.66. The molecule has 8 heteroatoms. The van der Waals surface area contributed by atoms with Crippen LogP contribution in [0.1, 0.15) is 44.5 Å². The summed E-state index contributed by atoms with van der Waals surface area (Å²) in [4.78, 5) is 33.3. The molecule has 31 heavy (non-hydrogen) atoms. The average molecular weight is 443 g/mol. The fourth-order valence-corrected chi connectivity index (χ4v) is 4.13. The van der Waals surface area contributed by atoms with E-state index >= 15 is 0 Å². The second-order valence-corrected chi connectivity index (χ2v) is 9.04. The van der Waals surface area contributed by atoms with Gasteiger partial charge in [0.1, 0.15) is 11.3 Å². The lowest BCUT2D eigenvalue weighted by Crippen LogP contribution is -2.29. The Hall–Kier alpha value is -2.74. The topological polar surface area (TPSA) is 89.0 Å². The number of aromatic nitrogens is 3. The van der Waals surface area contributed by atoms with Gasteiger partial charge >= 0.3 is 0 Å². The first-order valence-corrected chi connectivity index (χ1v) is 11.4. The molecular weight excluding hydrogens is 412 g/mol. The van der Waals surface area contributed by atoms with E-state index in [9.17, 15) is 9.59 Å². The Morgan fingerprint density at radius 1 is 1.26 bits per heavy atom. The average Bonchev–Trinajstić information content (AvgIpc) is 3.12. The van der Waals surface area contributed by atoms with Gasteiger partial charge < -0.3 is 15.0 Å². The maximum Gasteiger partial charge on any atom is 0.278 e.